The number of rotatable bonds is 7. The monoisotopic (exact) mass is 467 g/mol. The highest BCUT2D eigenvalue weighted by molar-refractivity contribution is 7.99. The van der Waals surface area contributed by atoms with Gasteiger partial charge in [-0.2, -0.15) is 9.61 Å². The van der Waals surface area contributed by atoms with Crippen LogP contribution in [0.1, 0.15) is 10.4 Å². The Labute approximate surface area is 198 Å². The first kappa shape index (κ1) is 21.5. The molecule has 0 radical (unpaired) electrons. The second-order valence-electron chi connectivity index (χ2n) is 7.43. The van der Waals surface area contributed by atoms with E-state index >= 15 is 0 Å². The van der Waals surface area contributed by atoms with Crippen molar-refractivity contribution >= 4 is 28.9 Å². The molecule has 0 unspecified atom stereocenters. The van der Waals surface area contributed by atoms with E-state index in [4.69, 9.17) is 0 Å². The van der Waals surface area contributed by atoms with Crippen molar-refractivity contribution in [2.24, 2.45) is 0 Å². The van der Waals surface area contributed by atoms with Gasteiger partial charge in [0.05, 0.1) is 16.4 Å². The Morgan fingerprint density at radius 1 is 0.853 bits per heavy atom. The van der Waals surface area contributed by atoms with Gasteiger partial charge in [0.2, 0.25) is 5.16 Å². The molecule has 0 bridgehead atoms. The van der Waals surface area contributed by atoms with Gasteiger partial charge in [0, 0.05) is 23.3 Å². The van der Waals surface area contributed by atoms with Gasteiger partial charge in [0.25, 0.3) is 5.69 Å². The van der Waals surface area contributed by atoms with E-state index in [0.29, 0.717) is 10.8 Å². The second-order valence-corrected chi connectivity index (χ2v) is 8.38. The summed E-state index contributed by atoms with van der Waals surface area (Å²) in [6.45, 7) is 0. The number of hydrogen-bond donors (Lipinski definition) is 0. The number of aromatic nitrogens is 4. The number of ketones is 1. The molecule has 5 aromatic rings. The van der Waals surface area contributed by atoms with E-state index < -0.39 is 4.92 Å². The quantitative estimate of drug-likeness (QED) is 0.138. The van der Waals surface area contributed by atoms with Gasteiger partial charge in [-0.1, -0.05) is 78.5 Å². The van der Waals surface area contributed by atoms with E-state index in [-0.39, 0.29) is 22.8 Å². The fourth-order valence-corrected chi connectivity index (χ4v) is 4.27. The van der Waals surface area contributed by atoms with E-state index in [1.807, 2.05) is 42.5 Å². The van der Waals surface area contributed by atoms with Crippen molar-refractivity contribution in [2.75, 3.05) is 5.75 Å². The van der Waals surface area contributed by atoms with Crippen LogP contribution in [-0.4, -0.2) is 36.3 Å². The van der Waals surface area contributed by atoms with Crippen LogP contribution in [0.2, 0.25) is 0 Å². The summed E-state index contributed by atoms with van der Waals surface area (Å²) in [5, 5.41) is 24.4. The summed E-state index contributed by atoms with van der Waals surface area (Å²) in [6.07, 6.45) is 0. The summed E-state index contributed by atoms with van der Waals surface area (Å²) in [5.41, 5.74) is 4.68. The molecular weight excluding hydrogens is 450 g/mol. The van der Waals surface area contributed by atoms with Crippen molar-refractivity contribution in [1.82, 2.24) is 19.8 Å². The molecule has 0 saturated carbocycles. The van der Waals surface area contributed by atoms with Crippen LogP contribution in [0.5, 0.6) is 0 Å². The minimum atomic E-state index is -0.520. The number of nitro groups is 1. The van der Waals surface area contributed by atoms with E-state index in [1.54, 1.807) is 10.6 Å². The number of benzene rings is 3. The molecule has 3 aromatic carbocycles. The standard InChI is InChI=1S/C25H17N5O3S/c31-23(20-7-4-8-21(15-20)30(32)33)16-34-25-27-26-24-14-13-22(28-29(24)25)19-11-9-18(10-12-19)17-5-2-1-3-6-17/h1-15H,16H2. The molecule has 8 nitrogen and oxygen atoms in total. The first-order valence-corrected chi connectivity index (χ1v) is 11.4. The fourth-order valence-electron chi connectivity index (χ4n) is 3.48. The molecule has 34 heavy (non-hydrogen) atoms. The number of hydrogen-bond acceptors (Lipinski definition) is 7. The number of Topliss-reactive ketones (excluding diaryl/α,β-unsaturated/α-hetero) is 1. The van der Waals surface area contributed by atoms with Crippen molar-refractivity contribution in [3.05, 3.63) is 107 Å². The highest BCUT2D eigenvalue weighted by atomic mass is 32.2. The predicted molar refractivity (Wildman–Crippen MR) is 130 cm³/mol. The highest BCUT2D eigenvalue weighted by Gasteiger charge is 2.15. The summed E-state index contributed by atoms with van der Waals surface area (Å²) in [4.78, 5) is 23.0. The van der Waals surface area contributed by atoms with E-state index in [0.717, 1.165) is 22.4 Å². The first-order valence-electron chi connectivity index (χ1n) is 10.4. The zero-order valence-corrected chi connectivity index (χ0v) is 18.6. The minimum absolute atomic E-state index is 0.0552. The average molecular weight is 468 g/mol. The molecule has 0 amide bonds. The van der Waals surface area contributed by atoms with Crippen LogP contribution in [0.15, 0.2) is 96.2 Å². The number of carbonyl (C=O) groups excluding carboxylic acids is 1. The third kappa shape index (κ3) is 4.41. The number of carbonyl (C=O) groups is 1. The van der Waals surface area contributed by atoms with Crippen LogP contribution in [-0.2, 0) is 0 Å². The number of nitrogens with zero attached hydrogens (tertiary/aromatic N) is 5. The van der Waals surface area contributed by atoms with E-state index in [2.05, 4.69) is 39.6 Å². The van der Waals surface area contributed by atoms with Gasteiger partial charge < -0.3 is 0 Å². The maximum absolute atomic E-state index is 12.6. The van der Waals surface area contributed by atoms with Crippen LogP contribution < -0.4 is 0 Å². The third-order valence-corrected chi connectivity index (χ3v) is 6.15. The number of non-ortho nitro benzene ring substituents is 1. The lowest BCUT2D eigenvalue weighted by Gasteiger charge is -2.05. The molecule has 0 fully saturated rings. The van der Waals surface area contributed by atoms with Gasteiger partial charge in [0.1, 0.15) is 0 Å². The molecule has 0 aliphatic heterocycles. The topological polar surface area (TPSA) is 103 Å². The molecule has 9 heteroatoms. The lowest BCUT2D eigenvalue weighted by molar-refractivity contribution is -0.384. The molecule has 2 heterocycles. The Morgan fingerprint density at radius 2 is 1.59 bits per heavy atom. The van der Waals surface area contributed by atoms with Crippen molar-refractivity contribution in [3.8, 4) is 22.4 Å². The Hall–Kier alpha value is -4.37. The number of thioether (sulfide) groups is 1. The summed E-state index contributed by atoms with van der Waals surface area (Å²) >= 11 is 1.18. The van der Waals surface area contributed by atoms with Gasteiger partial charge in [0.15, 0.2) is 11.4 Å². The molecular formula is C25H17N5O3S. The Bertz CT molecular complexity index is 1500. The zero-order valence-electron chi connectivity index (χ0n) is 17.7. The van der Waals surface area contributed by atoms with Crippen LogP contribution in [0.3, 0.4) is 0 Å². The van der Waals surface area contributed by atoms with Crippen molar-refractivity contribution in [1.29, 1.82) is 0 Å². The smallest absolute Gasteiger partial charge is 0.270 e. The van der Waals surface area contributed by atoms with Gasteiger partial charge >= 0.3 is 0 Å². The van der Waals surface area contributed by atoms with Crippen LogP contribution in [0.4, 0.5) is 5.69 Å². The van der Waals surface area contributed by atoms with E-state index in [9.17, 15) is 14.9 Å². The molecule has 166 valence electrons. The molecule has 5 rings (SSSR count). The van der Waals surface area contributed by atoms with Crippen LogP contribution in [0, 0.1) is 10.1 Å². The SMILES string of the molecule is O=C(CSc1nnc2ccc(-c3ccc(-c4ccccc4)cc3)nn12)c1cccc([N+](=O)[O-])c1. The second kappa shape index (κ2) is 9.24. The summed E-state index contributed by atoms with van der Waals surface area (Å²) < 4.78 is 1.60. The predicted octanol–water partition coefficient (Wildman–Crippen LogP) is 5.34. The fraction of sp³-hybridized carbons (Fsp3) is 0.0400. The van der Waals surface area contributed by atoms with Crippen molar-refractivity contribution in [2.45, 2.75) is 5.16 Å². The van der Waals surface area contributed by atoms with Gasteiger partial charge in [-0.15, -0.1) is 10.2 Å². The van der Waals surface area contributed by atoms with Gasteiger partial charge in [-0.05, 0) is 23.3 Å². The lowest BCUT2D eigenvalue weighted by Crippen LogP contribution is -2.04. The first-order chi connectivity index (χ1) is 16.6. The highest BCUT2D eigenvalue weighted by Crippen LogP contribution is 2.25. The van der Waals surface area contributed by atoms with Gasteiger partial charge in [-0.25, -0.2) is 0 Å². The van der Waals surface area contributed by atoms with Crippen LogP contribution >= 0.6 is 11.8 Å². The van der Waals surface area contributed by atoms with Crippen LogP contribution in [0.25, 0.3) is 28.0 Å². The van der Waals surface area contributed by atoms with Gasteiger partial charge in [-0.3, -0.25) is 14.9 Å². The maximum Gasteiger partial charge on any atom is 0.270 e. The van der Waals surface area contributed by atoms with E-state index in [1.165, 1.54) is 30.0 Å². The summed E-state index contributed by atoms with van der Waals surface area (Å²) in [5.74, 6) is -0.183. The third-order valence-electron chi connectivity index (χ3n) is 5.23. The molecule has 0 saturated heterocycles. The molecule has 0 aliphatic carbocycles. The Kier molecular flexibility index (Phi) is 5.84. The normalized spacial score (nSPS) is 10.9. The summed E-state index contributed by atoms with van der Waals surface area (Å²) in [6, 6.07) is 27.7. The lowest BCUT2D eigenvalue weighted by atomic mass is 10.0. The van der Waals surface area contributed by atoms with Crippen molar-refractivity contribution < 1.29 is 9.72 Å². The molecule has 2 aromatic heterocycles. The molecule has 0 N–H and O–H groups in total. The molecule has 0 atom stereocenters. The van der Waals surface area contributed by atoms with Crippen molar-refractivity contribution in [3.63, 3.8) is 0 Å². The molecule has 0 aliphatic rings. The maximum atomic E-state index is 12.6. The largest absolute Gasteiger partial charge is 0.293 e. The Morgan fingerprint density at radius 3 is 2.35 bits per heavy atom. The number of nitro benzene ring substituents is 1. The minimum Gasteiger partial charge on any atom is -0.293 e. The zero-order chi connectivity index (χ0) is 23.5. The number of fused-ring (bicyclic) bond motifs is 1. The average Bonchev–Trinajstić information content (AvgIpc) is 3.30. The summed E-state index contributed by atoms with van der Waals surface area (Å²) in [7, 11) is 0. The molecule has 0 spiro atoms. The Balaban J connectivity index is 1.36.